The maximum absolute atomic E-state index is 10.9. The minimum absolute atomic E-state index is 0.0984. The molecule has 100 valence electrons. The number of carboxylic acids is 1. The fourth-order valence-corrected chi connectivity index (χ4v) is 1.93. The van der Waals surface area contributed by atoms with Gasteiger partial charge in [-0.05, 0) is 18.2 Å². The summed E-state index contributed by atoms with van der Waals surface area (Å²) < 4.78 is 10.5. The molecule has 0 saturated heterocycles. The molecule has 0 fully saturated rings. The van der Waals surface area contributed by atoms with Crippen molar-refractivity contribution in [2.75, 3.05) is 0 Å². The Morgan fingerprint density at radius 2 is 2.15 bits per heavy atom. The molecule has 5 heteroatoms. The summed E-state index contributed by atoms with van der Waals surface area (Å²) >= 11 is 0. The number of hydrogen-bond acceptors (Lipinski definition) is 4. The van der Waals surface area contributed by atoms with Gasteiger partial charge in [0.05, 0.1) is 18.0 Å². The van der Waals surface area contributed by atoms with Gasteiger partial charge in [-0.1, -0.05) is 18.2 Å². The summed E-state index contributed by atoms with van der Waals surface area (Å²) in [5.41, 5.74) is 1.38. The van der Waals surface area contributed by atoms with E-state index in [1.165, 1.54) is 6.26 Å². The fourth-order valence-electron chi connectivity index (χ4n) is 1.93. The number of ether oxygens (including phenoxy) is 1. The largest absolute Gasteiger partial charge is 0.487 e. The molecule has 0 aliphatic heterocycles. The highest BCUT2D eigenvalue weighted by molar-refractivity contribution is 5.86. The van der Waals surface area contributed by atoms with Gasteiger partial charge in [0.15, 0.2) is 0 Å². The van der Waals surface area contributed by atoms with Crippen LogP contribution in [-0.4, -0.2) is 16.1 Å². The number of para-hydroxylation sites is 1. The van der Waals surface area contributed by atoms with Crippen LogP contribution in [0, 0.1) is 0 Å². The lowest BCUT2D eigenvalue weighted by atomic mass is 10.2. The standard InChI is InChI=1S/C15H11NO4/c17-15(18)14-11(5-6-19-14)9-20-12-7-10-3-1-2-4-13(10)16-8-12/h1-8H,9H2,(H,17,18). The van der Waals surface area contributed by atoms with E-state index in [-0.39, 0.29) is 12.4 Å². The molecule has 2 aromatic heterocycles. The molecule has 3 aromatic rings. The van der Waals surface area contributed by atoms with Crippen LogP contribution in [0.3, 0.4) is 0 Å². The molecule has 0 bridgehead atoms. The number of furan rings is 1. The average Bonchev–Trinajstić information content (AvgIpc) is 2.93. The quantitative estimate of drug-likeness (QED) is 0.787. The summed E-state index contributed by atoms with van der Waals surface area (Å²) in [6.45, 7) is 0.123. The molecular formula is C15H11NO4. The second kappa shape index (κ2) is 5.05. The fraction of sp³-hybridized carbons (Fsp3) is 0.0667. The lowest BCUT2D eigenvalue weighted by Gasteiger charge is -2.06. The van der Waals surface area contributed by atoms with Gasteiger partial charge in [-0.15, -0.1) is 0 Å². The third-order valence-corrected chi connectivity index (χ3v) is 2.90. The minimum atomic E-state index is -1.11. The molecule has 1 aromatic carbocycles. The topological polar surface area (TPSA) is 72.6 Å². The Hall–Kier alpha value is -2.82. The van der Waals surface area contributed by atoms with E-state index in [0.29, 0.717) is 11.3 Å². The van der Waals surface area contributed by atoms with Gasteiger partial charge >= 0.3 is 5.97 Å². The Morgan fingerprint density at radius 1 is 1.30 bits per heavy atom. The number of carbonyl (C=O) groups is 1. The molecule has 0 atom stereocenters. The Labute approximate surface area is 114 Å². The summed E-state index contributed by atoms with van der Waals surface area (Å²) in [4.78, 5) is 15.2. The van der Waals surface area contributed by atoms with Gasteiger partial charge < -0.3 is 14.3 Å². The van der Waals surface area contributed by atoms with Crippen molar-refractivity contribution in [3.8, 4) is 5.75 Å². The first-order valence-electron chi connectivity index (χ1n) is 6.01. The predicted molar refractivity (Wildman–Crippen MR) is 71.7 cm³/mol. The molecule has 0 unspecified atom stereocenters. The van der Waals surface area contributed by atoms with E-state index in [1.54, 1.807) is 12.3 Å². The second-order valence-electron chi connectivity index (χ2n) is 4.23. The molecule has 0 saturated carbocycles. The first-order chi connectivity index (χ1) is 9.74. The van der Waals surface area contributed by atoms with Crippen molar-refractivity contribution in [3.63, 3.8) is 0 Å². The number of nitrogens with zero attached hydrogens (tertiary/aromatic N) is 1. The van der Waals surface area contributed by atoms with Crippen molar-refractivity contribution in [2.45, 2.75) is 6.61 Å². The van der Waals surface area contributed by atoms with Crippen molar-refractivity contribution in [1.29, 1.82) is 0 Å². The summed E-state index contributed by atoms with van der Waals surface area (Å²) in [6.07, 6.45) is 2.95. The molecule has 0 radical (unpaired) electrons. The molecule has 0 spiro atoms. The van der Waals surface area contributed by atoms with Gasteiger partial charge in [0, 0.05) is 10.9 Å². The number of carboxylic acid groups (broad SMARTS) is 1. The Balaban J connectivity index is 1.79. The van der Waals surface area contributed by atoms with Gasteiger partial charge in [0.2, 0.25) is 5.76 Å². The summed E-state index contributed by atoms with van der Waals surface area (Å²) in [6, 6.07) is 11.1. The zero-order chi connectivity index (χ0) is 13.9. The monoisotopic (exact) mass is 269 g/mol. The number of pyridine rings is 1. The number of hydrogen-bond donors (Lipinski definition) is 1. The van der Waals surface area contributed by atoms with E-state index in [4.69, 9.17) is 14.3 Å². The van der Waals surface area contributed by atoms with Gasteiger partial charge in [-0.3, -0.25) is 4.98 Å². The molecule has 0 aliphatic carbocycles. The zero-order valence-corrected chi connectivity index (χ0v) is 10.4. The van der Waals surface area contributed by atoms with Crippen LogP contribution in [0.1, 0.15) is 16.1 Å². The van der Waals surface area contributed by atoms with E-state index in [0.717, 1.165) is 10.9 Å². The third kappa shape index (κ3) is 2.33. The van der Waals surface area contributed by atoms with Gasteiger partial charge in [-0.25, -0.2) is 4.79 Å². The normalized spacial score (nSPS) is 10.6. The van der Waals surface area contributed by atoms with E-state index < -0.39 is 5.97 Å². The van der Waals surface area contributed by atoms with Gasteiger partial charge in [-0.2, -0.15) is 0 Å². The van der Waals surface area contributed by atoms with Crippen LogP contribution < -0.4 is 4.74 Å². The van der Waals surface area contributed by atoms with Gasteiger partial charge in [0.1, 0.15) is 12.4 Å². The molecular weight excluding hydrogens is 258 g/mol. The Morgan fingerprint density at radius 3 is 3.00 bits per heavy atom. The number of aromatic carboxylic acids is 1. The van der Waals surface area contributed by atoms with Crippen molar-refractivity contribution in [3.05, 3.63) is 60.2 Å². The van der Waals surface area contributed by atoms with E-state index in [1.807, 2.05) is 30.3 Å². The zero-order valence-electron chi connectivity index (χ0n) is 10.4. The van der Waals surface area contributed by atoms with Crippen LogP contribution in [0.5, 0.6) is 5.75 Å². The maximum atomic E-state index is 10.9. The highest BCUT2D eigenvalue weighted by Gasteiger charge is 2.14. The highest BCUT2D eigenvalue weighted by atomic mass is 16.5. The molecule has 3 rings (SSSR count). The van der Waals surface area contributed by atoms with Crippen LogP contribution in [0.25, 0.3) is 10.9 Å². The molecule has 0 aliphatic rings. The summed E-state index contributed by atoms with van der Waals surface area (Å²) in [5.74, 6) is -0.620. The number of aromatic nitrogens is 1. The SMILES string of the molecule is O=C(O)c1occc1COc1cnc2ccccc2c1. The first-order valence-corrected chi connectivity index (χ1v) is 6.01. The second-order valence-corrected chi connectivity index (χ2v) is 4.23. The van der Waals surface area contributed by atoms with Crippen molar-refractivity contribution in [2.24, 2.45) is 0 Å². The molecule has 20 heavy (non-hydrogen) atoms. The summed E-state index contributed by atoms with van der Waals surface area (Å²) in [7, 11) is 0. The van der Waals surface area contributed by atoms with Crippen LogP contribution >= 0.6 is 0 Å². The van der Waals surface area contributed by atoms with Crippen LogP contribution in [0.4, 0.5) is 0 Å². The molecule has 5 nitrogen and oxygen atoms in total. The van der Waals surface area contributed by atoms with Crippen molar-refractivity contribution in [1.82, 2.24) is 4.98 Å². The predicted octanol–water partition coefficient (Wildman–Crippen LogP) is 3.11. The van der Waals surface area contributed by atoms with Crippen LogP contribution in [0.15, 0.2) is 53.3 Å². The van der Waals surface area contributed by atoms with Crippen LogP contribution in [0.2, 0.25) is 0 Å². The lowest BCUT2D eigenvalue weighted by molar-refractivity contribution is 0.0658. The summed E-state index contributed by atoms with van der Waals surface area (Å²) in [5, 5.41) is 9.90. The molecule has 1 N–H and O–H groups in total. The van der Waals surface area contributed by atoms with Gasteiger partial charge in [0.25, 0.3) is 0 Å². The smallest absolute Gasteiger partial charge is 0.372 e. The number of benzene rings is 1. The first kappa shape index (κ1) is 12.2. The average molecular weight is 269 g/mol. The molecule has 2 heterocycles. The van der Waals surface area contributed by atoms with Crippen molar-refractivity contribution < 1.29 is 19.1 Å². The maximum Gasteiger partial charge on any atom is 0.372 e. The Bertz CT molecular complexity index is 763. The highest BCUT2D eigenvalue weighted by Crippen LogP contribution is 2.20. The van der Waals surface area contributed by atoms with Crippen molar-refractivity contribution >= 4 is 16.9 Å². The third-order valence-electron chi connectivity index (χ3n) is 2.90. The van der Waals surface area contributed by atoms with Crippen LogP contribution in [-0.2, 0) is 6.61 Å². The Kier molecular flexibility index (Phi) is 3.09. The molecule has 0 amide bonds. The number of fused-ring (bicyclic) bond motifs is 1. The lowest BCUT2D eigenvalue weighted by Crippen LogP contribution is -2.02. The van der Waals surface area contributed by atoms with E-state index in [9.17, 15) is 4.79 Å². The van der Waals surface area contributed by atoms with E-state index >= 15 is 0 Å². The van der Waals surface area contributed by atoms with E-state index in [2.05, 4.69) is 4.98 Å². The number of rotatable bonds is 4. The minimum Gasteiger partial charge on any atom is -0.487 e.